The van der Waals surface area contributed by atoms with Crippen molar-refractivity contribution >= 4 is 33.9 Å². The van der Waals surface area contributed by atoms with E-state index in [1.165, 1.54) is 0 Å². The van der Waals surface area contributed by atoms with Gasteiger partial charge in [-0.2, -0.15) is 0 Å². The van der Waals surface area contributed by atoms with E-state index in [4.69, 9.17) is 10.8 Å². The molecule has 4 aromatic rings. The number of nitrogens with two attached hydrogens (primary N) is 1. The smallest absolute Gasteiger partial charge is 0.305 e. The van der Waals surface area contributed by atoms with Gasteiger partial charge in [0.05, 0.1) is 34.9 Å². The molecule has 0 aliphatic carbocycles. The van der Waals surface area contributed by atoms with E-state index in [0.717, 1.165) is 39.3 Å². The molecule has 0 saturated carbocycles. The van der Waals surface area contributed by atoms with Gasteiger partial charge in [0.1, 0.15) is 11.6 Å². The third-order valence-corrected chi connectivity index (χ3v) is 4.58. The van der Waals surface area contributed by atoms with E-state index in [-0.39, 0.29) is 18.9 Å². The summed E-state index contributed by atoms with van der Waals surface area (Å²) >= 11 is 0. The fourth-order valence-electron chi connectivity index (χ4n) is 3.15. The van der Waals surface area contributed by atoms with Crippen LogP contribution in [0.5, 0.6) is 0 Å². The van der Waals surface area contributed by atoms with Crippen LogP contribution in [0.4, 0.5) is 0 Å². The van der Waals surface area contributed by atoms with E-state index >= 15 is 0 Å². The molecule has 6 N–H and O–H groups in total. The molecule has 0 radical (unpaired) electrons. The minimum atomic E-state index is -0.955. The van der Waals surface area contributed by atoms with E-state index < -0.39 is 5.97 Å². The summed E-state index contributed by atoms with van der Waals surface area (Å²) in [5.74, 6) is 0.225. The van der Waals surface area contributed by atoms with Crippen LogP contribution in [0.15, 0.2) is 36.4 Å². The summed E-state index contributed by atoms with van der Waals surface area (Å²) in [6.07, 6.45) is 0.369. The molecule has 0 atom stereocenters. The van der Waals surface area contributed by atoms with E-state index in [9.17, 15) is 9.59 Å². The van der Waals surface area contributed by atoms with Crippen LogP contribution in [0, 0.1) is 0 Å². The molecule has 1 amide bonds. The van der Waals surface area contributed by atoms with Gasteiger partial charge in [0.2, 0.25) is 0 Å². The van der Waals surface area contributed by atoms with Gasteiger partial charge < -0.3 is 26.1 Å². The Hall–Kier alpha value is -3.72. The lowest BCUT2D eigenvalue weighted by Gasteiger charge is -2.03. The largest absolute Gasteiger partial charge is 0.481 e. The third kappa shape index (κ3) is 4.09. The number of nitrogens with one attached hydrogen (secondary N) is 3. The number of aromatic amines is 2. The van der Waals surface area contributed by atoms with Crippen LogP contribution >= 0.6 is 0 Å². The first-order chi connectivity index (χ1) is 14.0. The van der Waals surface area contributed by atoms with Crippen molar-refractivity contribution in [3.63, 3.8) is 0 Å². The Labute approximate surface area is 165 Å². The highest BCUT2D eigenvalue weighted by molar-refractivity contribution is 5.97. The molecule has 9 heteroatoms. The van der Waals surface area contributed by atoms with Gasteiger partial charge in [-0.3, -0.25) is 9.59 Å². The molecule has 2 aromatic heterocycles. The van der Waals surface area contributed by atoms with Crippen molar-refractivity contribution in [1.82, 2.24) is 25.3 Å². The zero-order chi connectivity index (χ0) is 20.4. The number of nitrogens with zero attached hydrogens (tertiary/aromatic N) is 2. The number of hydrogen-bond donors (Lipinski definition) is 5. The molecule has 148 valence electrons. The highest BCUT2D eigenvalue weighted by Gasteiger charge is 2.11. The zero-order valence-electron chi connectivity index (χ0n) is 15.5. The molecule has 4 rings (SSSR count). The highest BCUT2D eigenvalue weighted by Crippen LogP contribution is 2.18. The lowest BCUT2D eigenvalue weighted by atomic mass is 10.2. The van der Waals surface area contributed by atoms with Gasteiger partial charge in [-0.1, -0.05) is 6.07 Å². The molecule has 2 heterocycles. The maximum Gasteiger partial charge on any atom is 0.305 e. The second-order valence-electron chi connectivity index (χ2n) is 6.73. The summed E-state index contributed by atoms with van der Waals surface area (Å²) in [5, 5.41) is 11.2. The topological polar surface area (TPSA) is 150 Å². The Kier molecular flexibility index (Phi) is 4.96. The van der Waals surface area contributed by atoms with E-state index in [2.05, 4.69) is 25.3 Å². The number of amides is 1. The average molecular weight is 392 g/mol. The standard InChI is InChI=1S/C20H20N6O3/c21-10-11-1-3-13-15(7-11)25-17(23-13)9-18-24-14-4-2-12(8-16(14)26-18)20(29)22-6-5-19(27)28/h1-4,7-8H,5-6,9-10,21H2,(H,22,29)(H,23,25)(H,24,26)(H,27,28). The predicted octanol–water partition coefficient (Wildman–Crippen LogP) is 1.69. The van der Waals surface area contributed by atoms with Crippen molar-refractivity contribution in [3.8, 4) is 0 Å². The number of carboxylic acid groups (broad SMARTS) is 1. The van der Waals surface area contributed by atoms with Crippen molar-refractivity contribution in [1.29, 1.82) is 0 Å². The number of fused-ring (bicyclic) bond motifs is 2. The van der Waals surface area contributed by atoms with Crippen LogP contribution in [0.25, 0.3) is 22.1 Å². The predicted molar refractivity (Wildman–Crippen MR) is 107 cm³/mol. The molecule has 0 spiro atoms. The number of imidazole rings is 2. The maximum absolute atomic E-state index is 12.2. The van der Waals surface area contributed by atoms with Crippen molar-refractivity contribution < 1.29 is 14.7 Å². The molecule has 0 bridgehead atoms. The highest BCUT2D eigenvalue weighted by atomic mass is 16.4. The molecular weight excluding hydrogens is 372 g/mol. The number of carbonyl (C=O) groups excluding carboxylic acids is 1. The second kappa shape index (κ2) is 7.72. The molecule has 2 aromatic carbocycles. The van der Waals surface area contributed by atoms with Crippen molar-refractivity contribution in [3.05, 3.63) is 59.2 Å². The van der Waals surface area contributed by atoms with Gasteiger partial charge in [0, 0.05) is 18.7 Å². The van der Waals surface area contributed by atoms with Gasteiger partial charge in [0.25, 0.3) is 5.91 Å². The number of aromatic nitrogens is 4. The van der Waals surface area contributed by atoms with E-state index in [0.29, 0.717) is 18.5 Å². The Balaban J connectivity index is 1.51. The van der Waals surface area contributed by atoms with Crippen LogP contribution in [-0.2, 0) is 17.8 Å². The normalized spacial score (nSPS) is 11.2. The van der Waals surface area contributed by atoms with Crippen LogP contribution < -0.4 is 11.1 Å². The summed E-state index contributed by atoms with van der Waals surface area (Å²) in [5.41, 5.74) is 10.4. The summed E-state index contributed by atoms with van der Waals surface area (Å²) in [7, 11) is 0. The van der Waals surface area contributed by atoms with Gasteiger partial charge in [-0.05, 0) is 35.9 Å². The number of aliphatic carboxylic acids is 1. The quantitative estimate of drug-likeness (QED) is 0.323. The van der Waals surface area contributed by atoms with Gasteiger partial charge in [-0.15, -0.1) is 0 Å². The van der Waals surface area contributed by atoms with Crippen LogP contribution in [0.1, 0.15) is 34.0 Å². The van der Waals surface area contributed by atoms with Crippen molar-refractivity contribution in [2.75, 3.05) is 6.54 Å². The van der Waals surface area contributed by atoms with Gasteiger partial charge >= 0.3 is 5.97 Å². The first-order valence-corrected chi connectivity index (χ1v) is 9.18. The molecule has 0 fully saturated rings. The van der Waals surface area contributed by atoms with E-state index in [1.807, 2.05) is 18.2 Å². The Morgan fingerprint density at radius 3 is 2.31 bits per heavy atom. The lowest BCUT2D eigenvalue weighted by Crippen LogP contribution is -2.25. The van der Waals surface area contributed by atoms with Gasteiger partial charge in [-0.25, -0.2) is 9.97 Å². The molecule has 0 saturated heterocycles. The Morgan fingerprint density at radius 1 is 1.00 bits per heavy atom. The number of carbonyl (C=O) groups is 2. The monoisotopic (exact) mass is 392 g/mol. The molecule has 0 unspecified atom stereocenters. The molecule has 9 nitrogen and oxygen atoms in total. The third-order valence-electron chi connectivity index (χ3n) is 4.58. The second-order valence-corrected chi connectivity index (χ2v) is 6.73. The van der Waals surface area contributed by atoms with Crippen molar-refractivity contribution in [2.45, 2.75) is 19.4 Å². The lowest BCUT2D eigenvalue weighted by molar-refractivity contribution is -0.136. The summed E-state index contributed by atoms with van der Waals surface area (Å²) < 4.78 is 0. The maximum atomic E-state index is 12.2. The molecule has 0 aliphatic heterocycles. The first-order valence-electron chi connectivity index (χ1n) is 9.18. The van der Waals surface area contributed by atoms with Gasteiger partial charge in [0.15, 0.2) is 0 Å². The van der Waals surface area contributed by atoms with Crippen LogP contribution in [0.2, 0.25) is 0 Å². The zero-order valence-corrected chi connectivity index (χ0v) is 15.5. The summed E-state index contributed by atoms with van der Waals surface area (Å²) in [6.45, 7) is 0.554. The summed E-state index contributed by atoms with van der Waals surface area (Å²) in [6, 6.07) is 11.0. The number of rotatable bonds is 7. The summed E-state index contributed by atoms with van der Waals surface area (Å²) in [4.78, 5) is 38.3. The number of H-pyrrole nitrogens is 2. The minimum Gasteiger partial charge on any atom is -0.481 e. The minimum absolute atomic E-state index is 0.0817. The fraction of sp³-hybridized carbons (Fsp3) is 0.200. The molecule has 29 heavy (non-hydrogen) atoms. The number of benzene rings is 2. The SMILES string of the molecule is NCc1ccc2nc(Cc3nc4ccc(C(=O)NCCC(=O)O)cc4[nH]3)[nH]c2c1. The number of carboxylic acids is 1. The fourth-order valence-corrected chi connectivity index (χ4v) is 3.15. The Morgan fingerprint density at radius 2 is 1.66 bits per heavy atom. The first kappa shape index (κ1) is 18.6. The molecular formula is C20H20N6O3. The molecule has 0 aliphatic rings. The Bertz CT molecular complexity index is 1210. The van der Waals surface area contributed by atoms with Crippen LogP contribution in [-0.4, -0.2) is 43.5 Å². The average Bonchev–Trinajstić information content (AvgIpc) is 3.28. The van der Waals surface area contributed by atoms with Crippen LogP contribution in [0.3, 0.4) is 0 Å². The van der Waals surface area contributed by atoms with Crippen molar-refractivity contribution in [2.24, 2.45) is 5.73 Å². The van der Waals surface area contributed by atoms with E-state index in [1.54, 1.807) is 18.2 Å². The number of hydrogen-bond acceptors (Lipinski definition) is 5.